The molecule has 4 atom stereocenters. The largest absolute Gasteiger partial charge is 0.481 e. The van der Waals surface area contributed by atoms with E-state index in [-0.39, 0.29) is 6.42 Å². The van der Waals surface area contributed by atoms with E-state index in [1.165, 1.54) is 0 Å². The molecule has 216 valence electrons. The number of nitrogens with one attached hydrogen (secondary N) is 4. The molecule has 2 aromatic rings. The van der Waals surface area contributed by atoms with Gasteiger partial charge < -0.3 is 47.7 Å². The van der Waals surface area contributed by atoms with E-state index in [0.717, 1.165) is 10.9 Å². The number of para-hydroxylation sites is 1. The van der Waals surface area contributed by atoms with Gasteiger partial charge in [0.25, 0.3) is 0 Å². The van der Waals surface area contributed by atoms with Crippen molar-refractivity contribution < 1.29 is 48.9 Å². The number of aliphatic carboxylic acids is 3. The molecule has 0 aliphatic rings. The molecule has 0 aliphatic heterocycles. The van der Waals surface area contributed by atoms with Crippen LogP contribution < -0.4 is 27.4 Å². The molecule has 0 aliphatic carbocycles. The molecule has 40 heavy (non-hydrogen) atoms. The fourth-order valence-corrected chi connectivity index (χ4v) is 3.78. The summed E-state index contributed by atoms with van der Waals surface area (Å²) in [4.78, 5) is 86.3. The summed E-state index contributed by atoms with van der Waals surface area (Å²) in [7, 11) is 0. The van der Waals surface area contributed by atoms with Crippen molar-refractivity contribution in [2.24, 2.45) is 11.5 Å². The average Bonchev–Trinajstić information content (AvgIpc) is 3.27. The Balaban J connectivity index is 2.17. The Bertz CT molecular complexity index is 1290. The van der Waals surface area contributed by atoms with Gasteiger partial charge in [-0.25, -0.2) is 4.79 Å². The molecular weight excluding hydrogens is 532 g/mol. The zero-order valence-electron chi connectivity index (χ0n) is 21.1. The summed E-state index contributed by atoms with van der Waals surface area (Å²) in [5.41, 5.74) is 12.5. The lowest BCUT2D eigenvalue weighted by Gasteiger charge is -2.24. The molecule has 1 aromatic carbocycles. The first-order valence-corrected chi connectivity index (χ1v) is 11.9. The lowest BCUT2D eigenvalue weighted by Crippen LogP contribution is -2.58. The van der Waals surface area contributed by atoms with E-state index in [9.17, 15) is 43.8 Å². The number of amides is 4. The first-order chi connectivity index (χ1) is 18.8. The van der Waals surface area contributed by atoms with E-state index < -0.39 is 91.4 Å². The fourth-order valence-electron chi connectivity index (χ4n) is 3.78. The highest BCUT2D eigenvalue weighted by Gasteiger charge is 2.32. The molecule has 0 fully saturated rings. The Kier molecular flexibility index (Phi) is 11.1. The van der Waals surface area contributed by atoms with Crippen molar-refractivity contribution in [2.45, 2.75) is 56.3 Å². The van der Waals surface area contributed by atoms with E-state index in [0.29, 0.717) is 5.56 Å². The highest BCUT2D eigenvalue weighted by Crippen LogP contribution is 2.19. The zero-order chi connectivity index (χ0) is 30.0. The molecule has 0 radical (unpaired) electrons. The van der Waals surface area contributed by atoms with Crippen LogP contribution in [0, 0.1) is 0 Å². The number of carbonyl (C=O) groups excluding carboxylic acids is 4. The minimum Gasteiger partial charge on any atom is -0.481 e. The van der Waals surface area contributed by atoms with Crippen molar-refractivity contribution in [3.05, 3.63) is 36.0 Å². The predicted molar refractivity (Wildman–Crippen MR) is 136 cm³/mol. The van der Waals surface area contributed by atoms with Crippen molar-refractivity contribution in [1.82, 2.24) is 20.9 Å². The summed E-state index contributed by atoms with van der Waals surface area (Å²) in [6.07, 6.45) is -1.09. The number of carboxylic acid groups (broad SMARTS) is 3. The Morgan fingerprint density at radius 1 is 0.800 bits per heavy atom. The smallest absolute Gasteiger partial charge is 0.326 e. The molecule has 2 rings (SSSR count). The molecule has 16 heteroatoms. The fraction of sp³-hybridized carbons (Fsp3) is 0.375. The monoisotopic (exact) mass is 562 g/mol. The number of carboxylic acids is 3. The second-order valence-corrected chi connectivity index (χ2v) is 8.89. The summed E-state index contributed by atoms with van der Waals surface area (Å²) >= 11 is 0. The third-order valence-electron chi connectivity index (χ3n) is 5.76. The van der Waals surface area contributed by atoms with Crippen LogP contribution in [0.5, 0.6) is 0 Å². The number of aromatic amines is 1. The molecular formula is C24H30N6O10. The van der Waals surface area contributed by atoms with Crippen molar-refractivity contribution in [2.75, 3.05) is 0 Å². The number of hydrogen-bond acceptors (Lipinski definition) is 8. The van der Waals surface area contributed by atoms with Gasteiger partial charge in [0.05, 0.1) is 18.9 Å². The van der Waals surface area contributed by atoms with Crippen molar-refractivity contribution in [3.8, 4) is 0 Å². The van der Waals surface area contributed by atoms with Crippen LogP contribution in [0.3, 0.4) is 0 Å². The van der Waals surface area contributed by atoms with Gasteiger partial charge in [0.2, 0.25) is 23.6 Å². The van der Waals surface area contributed by atoms with Gasteiger partial charge >= 0.3 is 17.9 Å². The summed E-state index contributed by atoms with van der Waals surface area (Å²) in [5, 5.41) is 34.6. The quantitative estimate of drug-likeness (QED) is 0.106. The van der Waals surface area contributed by atoms with Crippen LogP contribution in [0.25, 0.3) is 10.9 Å². The number of carbonyl (C=O) groups is 7. The van der Waals surface area contributed by atoms with Gasteiger partial charge in [0.15, 0.2) is 0 Å². The SMILES string of the molecule is NC(=O)C[C@H](NC(=O)[C@H](CC(=O)O)NC(=O)[C@H](CCC(=O)O)NC(=O)[C@@H](N)Cc1c[nH]c2ccccc12)C(=O)O. The highest BCUT2D eigenvalue weighted by molar-refractivity contribution is 5.96. The Labute approximate surface area is 226 Å². The van der Waals surface area contributed by atoms with Crippen LogP contribution >= 0.6 is 0 Å². The van der Waals surface area contributed by atoms with Gasteiger partial charge in [-0.1, -0.05) is 18.2 Å². The topological polar surface area (TPSA) is 284 Å². The summed E-state index contributed by atoms with van der Waals surface area (Å²) in [5.74, 6) is -8.74. The minimum absolute atomic E-state index is 0.0591. The maximum Gasteiger partial charge on any atom is 0.326 e. The molecule has 11 N–H and O–H groups in total. The Morgan fingerprint density at radius 2 is 1.40 bits per heavy atom. The van der Waals surface area contributed by atoms with Crippen LogP contribution in [-0.2, 0) is 40.0 Å². The highest BCUT2D eigenvalue weighted by atomic mass is 16.4. The first kappa shape index (κ1) is 31.2. The van der Waals surface area contributed by atoms with Gasteiger partial charge in [0.1, 0.15) is 18.1 Å². The average molecular weight is 563 g/mol. The zero-order valence-corrected chi connectivity index (χ0v) is 21.1. The number of hydrogen-bond donors (Lipinski definition) is 9. The lowest BCUT2D eigenvalue weighted by atomic mass is 10.0. The van der Waals surface area contributed by atoms with Crippen molar-refractivity contribution in [1.29, 1.82) is 0 Å². The van der Waals surface area contributed by atoms with Crippen LogP contribution in [0.4, 0.5) is 0 Å². The third-order valence-corrected chi connectivity index (χ3v) is 5.76. The van der Waals surface area contributed by atoms with E-state index in [4.69, 9.17) is 16.6 Å². The molecule has 16 nitrogen and oxygen atoms in total. The van der Waals surface area contributed by atoms with Crippen LogP contribution in [0.2, 0.25) is 0 Å². The number of H-pyrrole nitrogens is 1. The number of nitrogens with two attached hydrogens (primary N) is 2. The van der Waals surface area contributed by atoms with Gasteiger partial charge in [-0.05, 0) is 24.5 Å². The van der Waals surface area contributed by atoms with Crippen LogP contribution in [0.1, 0.15) is 31.2 Å². The maximum absolute atomic E-state index is 13.0. The van der Waals surface area contributed by atoms with Crippen LogP contribution in [0.15, 0.2) is 30.5 Å². The molecule has 0 saturated carbocycles. The second-order valence-electron chi connectivity index (χ2n) is 8.89. The summed E-state index contributed by atoms with van der Waals surface area (Å²) in [6.45, 7) is 0. The standard InChI is InChI=1S/C24H30N6O10/c25-13(7-11-10-27-14-4-2-1-3-12(11)14)21(36)28-15(5-6-19(32)33)22(37)29-16(9-20(34)35)23(38)30-17(24(39)40)8-18(26)31/h1-4,10,13,15-17,27H,5-9,25H2,(H2,26,31)(H,28,36)(H,29,37)(H,30,38)(H,32,33)(H,34,35)(H,39,40)/t13-,15-,16-,17-/m0/s1. The molecule has 0 bridgehead atoms. The molecule has 0 unspecified atom stereocenters. The Hall–Kier alpha value is -4.99. The van der Waals surface area contributed by atoms with Gasteiger partial charge in [-0.3, -0.25) is 28.8 Å². The molecule has 1 heterocycles. The maximum atomic E-state index is 13.0. The normalized spacial score (nSPS) is 13.8. The summed E-state index contributed by atoms with van der Waals surface area (Å²) in [6, 6.07) is 0.914. The number of fused-ring (bicyclic) bond motifs is 1. The molecule has 4 amide bonds. The van der Waals surface area contributed by atoms with Gasteiger partial charge in [-0.2, -0.15) is 0 Å². The van der Waals surface area contributed by atoms with E-state index in [2.05, 4.69) is 15.6 Å². The van der Waals surface area contributed by atoms with Gasteiger partial charge in [-0.15, -0.1) is 0 Å². The van der Waals surface area contributed by atoms with Crippen molar-refractivity contribution in [3.63, 3.8) is 0 Å². The molecule has 0 saturated heterocycles. The number of primary amides is 1. The Morgan fingerprint density at radius 3 is 2.00 bits per heavy atom. The van der Waals surface area contributed by atoms with E-state index >= 15 is 0 Å². The van der Waals surface area contributed by atoms with E-state index in [1.807, 2.05) is 23.5 Å². The number of benzene rings is 1. The first-order valence-electron chi connectivity index (χ1n) is 11.9. The van der Waals surface area contributed by atoms with Crippen LogP contribution in [-0.4, -0.2) is 86.0 Å². The second kappa shape index (κ2) is 14.2. The van der Waals surface area contributed by atoms with Gasteiger partial charge in [0, 0.05) is 23.5 Å². The molecule has 0 spiro atoms. The number of aromatic nitrogens is 1. The van der Waals surface area contributed by atoms with Crippen molar-refractivity contribution >= 4 is 52.4 Å². The predicted octanol–water partition coefficient (Wildman–Crippen LogP) is -2.21. The number of rotatable bonds is 16. The minimum atomic E-state index is -1.84. The lowest BCUT2D eigenvalue weighted by molar-refractivity contribution is -0.144. The summed E-state index contributed by atoms with van der Waals surface area (Å²) < 4.78 is 0. The molecule has 1 aromatic heterocycles. The van der Waals surface area contributed by atoms with E-state index in [1.54, 1.807) is 12.3 Å². The third kappa shape index (κ3) is 9.39.